The van der Waals surface area contributed by atoms with Crippen molar-refractivity contribution in [3.8, 4) is 0 Å². The van der Waals surface area contributed by atoms with Crippen LogP contribution in [0.4, 0.5) is 11.6 Å². The van der Waals surface area contributed by atoms with E-state index in [0.717, 1.165) is 64.5 Å². The fourth-order valence-electron chi connectivity index (χ4n) is 3.89. The monoisotopic (exact) mass is 404 g/mol. The van der Waals surface area contributed by atoms with Gasteiger partial charge in [0.05, 0.1) is 22.3 Å². The number of nitrogens with zero attached hydrogens (tertiary/aromatic N) is 4. The molecule has 7 heteroatoms. The van der Waals surface area contributed by atoms with E-state index in [0.29, 0.717) is 5.95 Å². The molecule has 0 aliphatic carbocycles. The molecule has 5 rings (SSSR count). The Morgan fingerprint density at radius 1 is 1.07 bits per heavy atom. The molecule has 1 fully saturated rings. The Kier molecular flexibility index (Phi) is 4.87. The summed E-state index contributed by atoms with van der Waals surface area (Å²) in [6.45, 7) is 9.34. The van der Waals surface area contributed by atoms with Crippen LogP contribution in [0.25, 0.3) is 21.1 Å². The van der Waals surface area contributed by atoms with Gasteiger partial charge in [-0.25, -0.2) is 15.0 Å². The first-order valence-electron chi connectivity index (χ1n) is 9.98. The van der Waals surface area contributed by atoms with Crippen LogP contribution < -0.4 is 10.6 Å². The van der Waals surface area contributed by atoms with Crippen LogP contribution in [0.15, 0.2) is 36.5 Å². The van der Waals surface area contributed by atoms with Gasteiger partial charge in [0.15, 0.2) is 0 Å². The van der Waals surface area contributed by atoms with Crippen LogP contribution >= 0.6 is 11.3 Å². The van der Waals surface area contributed by atoms with Gasteiger partial charge in [-0.05, 0) is 49.2 Å². The van der Waals surface area contributed by atoms with E-state index in [1.54, 1.807) is 11.3 Å². The Hall–Kier alpha value is -2.61. The molecule has 1 aliphatic rings. The molecular weight excluding hydrogens is 380 g/mol. The Balaban J connectivity index is 1.48. The fourth-order valence-corrected chi connectivity index (χ4v) is 4.99. The molecule has 0 bridgehead atoms. The number of nitrogens with one attached hydrogen (secondary N) is 2. The van der Waals surface area contributed by atoms with Gasteiger partial charge >= 0.3 is 0 Å². The summed E-state index contributed by atoms with van der Waals surface area (Å²) >= 11 is 1.75. The lowest BCUT2D eigenvalue weighted by Gasteiger charge is -2.25. The number of piperazine rings is 1. The van der Waals surface area contributed by atoms with Gasteiger partial charge in [0.25, 0.3) is 0 Å². The number of aromatic nitrogens is 3. The molecule has 0 unspecified atom stereocenters. The standard InChI is InChI=1S/C22H24N6S/c1-14-9-15(2)11-17(10-14)25-22-24-12-16-3-4-18-21(20(16)27-22)29-19(26-18)13-28-7-5-23-6-8-28/h3-4,9-12,23H,5-8,13H2,1-2H3,(H,24,25,27). The highest BCUT2D eigenvalue weighted by atomic mass is 32.1. The molecular formula is C22H24N6S. The van der Waals surface area contributed by atoms with Crippen molar-refractivity contribution in [3.63, 3.8) is 0 Å². The van der Waals surface area contributed by atoms with Crippen molar-refractivity contribution in [1.29, 1.82) is 0 Å². The van der Waals surface area contributed by atoms with Crippen LogP contribution in [0, 0.1) is 13.8 Å². The second-order valence-electron chi connectivity index (χ2n) is 7.68. The van der Waals surface area contributed by atoms with Gasteiger partial charge in [-0.3, -0.25) is 4.90 Å². The van der Waals surface area contributed by atoms with Crippen LogP contribution in [0.1, 0.15) is 16.1 Å². The predicted molar refractivity (Wildman–Crippen MR) is 120 cm³/mol. The van der Waals surface area contributed by atoms with E-state index in [1.165, 1.54) is 11.1 Å². The number of fused-ring (bicyclic) bond motifs is 3. The second-order valence-corrected chi connectivity index (χ2v) is 8.76. The molecule has 0 atom stereocenters. The van der Waals surface area contributed by atoms with Crippen LogP contribution in [-0.2, 0) is 6.54 Å². The molecule has 29 heavy (non-hydrogen) atoms. The highest BCUT2D eigenvalue weighted by molar-refractivity contribution is 7.19. The molecule has 6 nitrogen and oxygen atoms in total. The van der Waals surface area contributed by atoms with Crippen molar-refractivity contribution < 1.29 is 0 Å². The molecule has 3 heterocycles. The van der Waals surface area contributed by atoms with E-state index in [-0.39, 0.29) is 0 Å². The second kappa shape index (κ2) is 7.67. The van der Waals surface area contributed by atoms with Crippen LogP contribution in [0.5, 0.6) is 0 Å². The van der Waals surface area contributed by atoms with Gasteiger partial charge in [0, 0.05) is 43.4 Å². The quantitative estimate of drug-likeness (QED) is 0.536. The maximum atomic E-state index is 4.87. The first kappa shape index (κ1) is 18.4. The summed E-state index contributed by atoms with van der Waals surface area (Å²) < 4.78 is 1.14. The zero-order valence-electron chi connectivity index (χ0n) is 16.7. The molecule has 148 valence electrons. The van der Waals surface area contributed by atoms with Crippen molar-refractivity contribution in [3.05, 3.63) is 52.7 Å². The zero-order valence-corrected chi connectivity index (χ0v) is 17.5. The Labute approximate surface area is 174 Å². The molecule has 2 aromatic heterocycles. The summed E-state index contributed by atoms with van der Waals surface area (Å²) in [7, 11) is 0. The summed E-state index contributed by atoms with van der Waals surface area (Å²) in [4.78, 5) is 16.7. The fraction of sp³-hybridized carbons (Fsp3) is 0.318. The van der Waals surface area contributed by atoms with E-state index < -0.39 is 0 Å². The van der Waals surface area contributed by atoms with Crippen molar-refractivity contribution in [2.45, 2.75) is 20.4 Å². The minimum absolute atomic E-state index is 0.618. The van der Waals surface area contributed by atoms with Crippen LogP contribution in [0.2, 0.25) is 0 Å². The first-order valence-corrected chi connectivity index (χ1v) is 10.8. The van der Waals surface area contributed by atoms with E-state index in [2.05, 4.69) is 64.7 Å². The number of hydrogen-bond acceptors (Lipinski definition) is 7. The van der Waals surface area contributed by atoms with Gasteiger partial charge in [-0.1, -0.05) is 6.07 Å². The average molecular weight is 405 g/mol. The molecule has 1 aliphatic heterocycles. The maximum absolute atomic E-state index is 4.87. The topological polar surface area (TPSA) is 66.0 Å². The average Bonchev–Trinajstić information content (AvgIpc) is 3.11. The predicted octanol–water partition coefficient (Wildman–Crippen LogP) is 4.01. The van der Waals surface area contributed by atoms with Crippen LogP contribution in [0.3, 0.4) is 0 Å². The van der Waals surface area contributed by atoms with Crippen LogP contribution in [-0.4, -0.2) is 46.0 Å². The largest absolute Gasteiger partial charge is 0.324 e. The lowest BCUT2D eigenvalue weighted by molar-refractivity contribution is 0.233. The third-order valence-corrected chi connectivity index (χ3v) is 6.26. The van der Waals surface area contributed by atoms with E-state index in [1.807, 2.05) is 6.20 Å². The first-order chi connectivity index (χ1) is 14.1. The van der Waals surface area contributed by atoms with Crippen molar-refractivity contribution >= 4 is 44.1 Å². The molecule has 1 saturated heterocycles. The van der Waals surface area contributed by atoms with E-state index in [4.69, 9.17) is 9.97 Å². The molecule has 4 aromatic rings. The Morgan fingerprint density at radius 3 is 2.66 bits per heavy atom. The molecule has 0 saturated carbocycles. The maximum Gasteiger partial charge on any atom is 0.227 e. The number of anilines is 2. The van der Waals surface area contributed by atoms with Gasteiger partial charge in [-0.15, -0.1) is 11.3 Å². The molecule has 2 N–H and O–H groups in total. The van der Waals surface area contributed by atoms with Crippen molar-refractivity contribution in [1.82, 2.24) is 25.2 Å². The van der Waals surface area contributed by atoms with Crippen molar-refractivity contribution in [2.75, 3.05) is 31.5 Å². The summed E-state index contributed by atoms with van der Waals surface area (Å²) in [5.74, 6) is 0.618. The molecule has 0 radical (unpaired) electrons. The van der Waals surface area contributed by atoms with E-state index in [9.17, 15) is 0 Å². The van der Waals surface area contributed by atoms with E-state index >= 15 is 0 Å². The highest BCUT2D eigenvalue weighted by Crippen LogP contribution is 2.30. The third-order valence-electron chi connectivity index (χ3n) is 5.20. The summed E-state index contributed by atoms with van der Waals surface area (Å²) in [5, 5.41) is 8.96. The summed E-state index contributed by atoms with van der Waals surface area (Å²) in [5.41, 5.74) is 5.43. The minimum atomic E-state index is 0.618. The molecule has 0 amide bonds. The molecule has 2 aromatic carbocycles. The normalized spacial score (nSPS) is 15.2. The number of thiazole rings is 1. The number of aryl methyl sites for hydroxylation is 2. The lowest BCUT2D eigenvalue weighted by Crippen LogP contribution is -2.42. The summed E-state index contributed by atoms with van der Waals surface area (Å²) in [6.07, 6.45) is 1.89. The van der Waals surface area contributed by atoms with Gasteiger partial charge in [0.1, 0.15) is 5.01 Å². The summed E-state index contributed by atoms with van der Waals surface area (Å²) in [6, 6.07) is 10.5. The smallest absolute Gasteiger partial charge is 0.227 e. The highest BCUT2D eigenvalue weighted by Gasteiger charge is 2.15. The zero-order chi connectivity index (χ0) is 19.8. The Bertz CT molecular complexity index is 1160. The molecule has 0 spiro atoms. The SMILES string of the molecule is Cc1cc(C)cc(Nc2ncc3ccc4nc(CN5CCNCC5)sc4c3n2)c1. The number of hydrogen-bond donors (Lipinski definition) is 2. The van der Waals surface area contributed by atoms with Gasteiger partial charge in [-0.2, -0.15) is 0 Å². The third kappa shape index (κ3) is 3.94. The van der Waals surface area contributed by atoms with Crippen molar-refractivity contribution in [2.24, 2.45) is 0 Å². The minimum Gasteiger partial charge on any atom is -0.324 e. The van der Waals surface area contributed by atoms with Gasteiger partial charge in [0.2, 0.25) is 5.95 Å². The number of benzene rings is 2. The Morgan fingerprint density at radius 2 is 1.86 bits per heavy atom. The van der Waals surface area contributed by atoms with Gasteiger partial charge < -0.3 is 10.6 Å². The lowest BCUT2D eigenvalue weighted by atomic mass is 10.1. The number of rotatable bonds is 4.